The molecule has 3 rings (SSSR count). The van der Waals surface area contributed by atoms with E-state index >= 15 is 0 Å². The van der Waals surface area contributed by atoms with Crippen molar-refractivity contribution in [3.8, 4) is 0 Å². The lowest BCUT2D eigenvalue weighted by Gasteiger charge is -2.22. The lowest BCUT2D eigenvalue weighted by molar-refractivity contribution is 0.0943. The number of likely N-dealkylation sites (N-methyl/N-ethyl adjacent to an activating group) is 1. The Kier molecular flexibility index (Phi) is 4.45. The molecule has 2 aromatic heterocycles. The van der Waals surface area contributed by atoms with Crippen molar-refractivity contribution in [3.05, 3.63) is 59.1 Å². The van der Waals surface area contributed by atoms with Crippen LogP contribution in [-0.2, 0) is 0 Å². The Balaban J connectivity index is 1.74. The number of hydrogen-bond donors (Lipinski definition) is 1. The minimum Gasteiger partial charge on any atom is -0.468 e. The van der Waals surface area contributed by atoms with Gasteiger partial charge < -0.3 is 9.73 Å². The first-order chi connectivity index (χ1) is 11.1. The van der Waals surface area contributed by atoms with Crippen LogP contribution in [0.5, 0.6) is 0 Å². The molecule has 2 heterocycles. The molecule has 1 atom stereocenters. The normalized spacial score (nSPS) is 12.7. The molecule has 4 nitrogen and oxygen atoms in total. The second kappa shape index (κ2) is 6.52. The van der Waals surface area contributed by atoms with Crippen molar-refractivity contribution < 1.29 is 13.6 Å². The van der Waals surface area contributed by atoms with Gasteiger partial charge in [-0.2, -0.15) is 0 Å². The van der Waals surface area contributed by atoms with Gasteiger partial charge in [0.1, 0.15) is 11.6 Å². The Hall–Kier alpha value is -2.18. The molecule has 1 amide bonds. The van der Waals surface area contributed by atoms with Crippen molar-refractivity contribution in [2.45, 2.75) is 6.04 Å². The number of halogens is 1. The number of furan rings is 1. The fraction of sp³-hybridized carbons (Fsp3) is 0.235. The SMILES string of the molecule is CN(C)[C@H](CNC(=O)c1cc2c(F)cccc2s1)c1ccco1. The fourth-order valence-corrected chi connectivity index (χ4v) is 3.42. The third-order valence-electron chi connectivity index (χ3n) is 3.68. The summed E-state index contributed by atoms with van der Waals surface area (Å²) in [5, 5.41) is 3.38. The molecule has 1 N–H and O–H groups in total. The van der Waals surface area contributed by atoms with Gasteiger partial charge in [-0.05, 0) is 44.4 Å². The zero-order valence-corrected chi connectivity index (χ0v) is 13.7. The van der Waals surface area contributed by atoms with E-state index < -0.39 is 0 Å². The molecule has 0 bridgehead atoms. The Bertz CT molecular complexity index is 811. The van der Waals surface area contributed by atoms with Gasteiger partial charge in [0.25, 0.3) is 5.91 Å². The van der Waals surface area contributed by atoms with Gasteiger partial charge in [0, 0.05) is 16.6 Å². The van der Waals surface area contributed by atoms with Crippen LogP contribution in [-0.4, -0.2) is 31.4 Å². The number of nitrogens with zero attached hydrogens (tertiary/aromatic N) is 1. The van der Waals surface area contributed by atoms with E-state index in [-0.39, 0.29) is 17.8 Å². The number of carbonyl (C=O) groups excluding carboxylic acids is 1. The summed E-state index contributed by atoms with van der Waals surface area (Å²) in [6.45, 7) is 0.413. The van der Waals surface area contributed by atoms with Crippen molar-refractivity contribution in [1.29, 1.82) is 0 Å². The first-order valence-corrected chi connectivity index (χ1v) is 8.04. The highest BCUT2D eigenvalue weighted by Gasteiger charge is 2.19. The van der Waals surface area contributed by atoms with E-state index in [0.717, 1.165) is 10.5 Å². The van der Waals surface area contributed by atoms with E-state index in [9.17, 15) is 9.18 Å². The lowest BCUT2D eigenvalue weighted by atomic mass is 10.2. The Labute approximate surface area is 137 Å². The highest BCUT2D eigenvalue weighted by molar-refractivity contribution is 7.20. The highest BCUT2D eigenvalue weighted by atomic mass is 32.1. The van der Waals surface area contributed by atoms with E-state index in [1.54, 1.807) is 18.4 Å². The molecule has 3 aromatic rings. The first-order valence-electron chi connectivity index (χ1n) is 7.22. The smallest absolute Gasteiger partial charge is 0.261 e. The number of fused-ring (bicyclic) bond motifs is 1. The van der Waals surface area contributed by atoms with Crippen molar-refractivity contribution in [2.24, 2.45) is 0 Å². The first kappa shape index (κ1) is 15.7. The maximum absolute atomic E-state index is 13.7. The Morgan fingerprint density at radius 1 is 1.35 bits per heavy atom. The molecule has 120 valence electrons. The van der Waals surface area contributed by atoms with E-state index in [1.165, 1.54) is 17.4 Å². The average molecular weight is 332 g/mol. The summed E-state index contributed by atoms with van der Waals surface area (Å²) in [5.41, 5.74) is 0. The van der Waals surface area contributed by atoms with Crippen LogP contribution in [0.3, 0.4) is 0 Å². The number of hydrogen-bond acceptors (Lipinski definition) is 4. The molecule has 6 heteroatoms. The van der Waals surface area contributed by atoms with Crippen molar-refractivity contribution >= 4 is 27.3 Å². The number of carbonyl (C=O) groups is 1. The Morgan fingerprint density at radius 3 is 2.83 bits per heavy atom. The molecule has 0 aliphatic heterocycles. The van der Waals surface area contributed by atoms with Gasteiger partial charge in [-0.25, -0.2) is 4.39 Å². The van der Waals surface area contributed by atoms with Crippen LogP contribution in [0.1, 0.15) is 21.5 Å². The number of nitrogens with one attached hydrogen (secondary N) is 1. The molecule has 0 aliphatic carbocycles. The molecule has 23 heavy (non-hydrogen) atoms. The summed E-state index contributed by atoms with van der Waals surface area (Å²) in [6, 6.07) is 10.1. The van der Waals surface area contributed by atoms with Crippen LogP contribution in [0.4, 0.5) is 4.39 Å². The van der Waals surface area contributed by atoms with Gasteiger partial charge in [0.05, 0.1) is 17.2 Å². The zero-order valence-electron chi connectivity index (χ0n) is 12.9. The van der Waals surface area contributed by atoms with Crippen LogP contribution in [0.15, 0.2) is 47.1 Å². The Morgan fingerprint density at radius 2 is 2.17 bits per heavy atom. The number of benzene rings is 1. The molecule has 0 saturated carbocycles. The third-order valence-corrected chi connectivity index (χ3v) is 4.78. The standard InChI is InChI=1S/C17H17FN2O2S/c1-20(2)13(14-6-4-8-22-14)10-19-17(21)16-9-11-12(18)5-3-7-15(11)23-16/h3-9,13H,10H2,1-2H3,(H,19,21)/t13-/m1/s1. The minimum absolute atomic E-state index is 0.0555. The fourth-order valence-electron chi connectivity index (χ4n) is 2.43. The summed E-state index contributed by atoms with van der Waals surface area (Å²) in [7, 11) is 3.85. The van der Waals surface area contributed by atoms with Crippen LogP contribution in [0.2, 0.25) is 0 Å². The average Bonchev–Trinajstić information content (AvgIpc) is 3.16. The molecule has 0 saturated heterocycles. The van der Waals surface area contributed by atoms with E-state index in [0.29, 0.717) is 16.8 Å². The molecule has 1 aromatic carbocycles. The van der Waals surface area contributed by atoms with Gasteiger partial charge in [-0.1, -0.05) is 6.07 Å². The van der Waals surface area contributed by atoms with E-state index in [4.69, 9.17) is 4.42 Å². The summed E-state index contributed by atoms with van der Waals surface area (Å²) in [6.07, 6.45) is 1.61. The zero-order chi connectivity index (χ0) is 16.4. The van der Waals surface area contributed by atoms with Crippen molar-refractivity contribution in [1.82, 2.24) is 10.2 Å². The minimum atomic E-state index is -0.306. The summed E-state index contributed by atoms with van der Waals surface area (Å²) < 4.78 is 19.9. The van der Waals surface area contributed by atoms with Crippen molar-refractivity contribution in [3.63, 3.8) is 0 Å². The maximum atomic E-state index is 13.7. The second-order valence-electron chi connectivity index (χ2n) is 5.47. The van der Waals surface area contributed by atoms with Crippen LogP contribution >= 0.6 is 11.3 Å². The number of rotatable bonds is 5. The summed E-state index contributed by atoms with van der Waals surface area (Å²) in [5.74, 6) is 0.279. The molecule has 0 unspecified atom stereocenters. The third kappa shape index (κ3) is 3.28. The summed E-state index contributed by atoms with van der Waals surface area (Å²) in [4.78, 5) is 14.8. The van der Waals surface area contributed by atoms with Crippen LogP contribution in [0.25, 0.3) is 10.1 Å². The molecule has 0 spiro atoms. The topological polar surface area (TPSA) is 45.5 Å². The highest BCUT2D eigenvalue weighted by Crippen LogP contribution is 2.27. The molecular formula is C17H17FN2O2S. The van der Waals surface area contributed by atoms with Gasteiger partial charge >= 0.3 is 0 Å². The lowest BCUT2D eigenvalue weighted by Crippen LogP contribution is -2.34. The van der Waals surface area contributed by atoms with Crippen LogP contribution in [0, 0.1) is 5.82 Å². The monoisotopic (exact) mass is 332 g/mol. The maximum Gasteiger partial charge on any atom is 0.261 e. The number of thiophene rings is 1. The molecule has 0 radical (unpaired) electrons. The molecule has 0 fully saturated rings. The van der Waals surface area contributed by atoms with Gasteiger partial charge in [0.15, 0.2) is 0 Å². The molecular weight excluding hydrogens is 315 g/mol. The molecule has 0 aliphatic rings. The van der Waals surface area contributed by atoms with Crippen molar-refractivity contribution in [2.75, 3.05) is 20.6 Å². The van der Waals surface area contributed by atoms with Crippen LogP contribution < -0.4 is 5.32 Å². The largest absolute Gasteiger partial charge is 0.468 e. The second-order valence-corrected chi connectivity index (χ2v) is 6.55. The quantitative estimate of drug-likeness (QED) is 0.775. The predicted octanol–water partition coefficient (Wildman–Crippen LogP) is 3.67. The van der Waals surface area contributed by atoms with Gasteiger partial charge in [-0.15, -0.1) is 11.3 Å². The summed E-state index contributed by atoms with van der Waals surface area (Å²) >= 11 is 1.29. The van der Waals surface area contributed by atoms with E-state index in [1.807, 2.05) is 37.2 Å². The van der Waals surface area contributed by atoms with Gasteiger partial charge in [0.2, 0.25) is 0 Å². The van der Waals surface area contributed by atoms with E-state index in [2.05, 4.69) is 5.32 Å². The number of amides is 1. The predicted molar refractivity (Wildman–Crippen MR) is 89.3 cm³/mol. The van der Waals surface area contributed by atoms with Gasteiger partial charge in [-0.3, -0.25) is 9.69 Å².